The fraction of sp³-hybridized carbons (Fsp3) is 0.435. The van der Waals surface area contributed by atoms with Crippen LogP contribution < -0.4 is 15.1 Å². The van der Waals surface area contributed by atoms with Gasteiger partial charge in [-0.1, -0.05) is 12.1 Å². The van der Waals surface area contributed by atoms with Gasteiger partial charge >= 0.3 is 0 Å². The molecule has 2 aromatic rings. The van der Waals surface area contributed by atoms with Crippen LogP contribution in [0.25, 0.3) is 0 Å². The summed E-state index contributed by atoms with van der Waals surface area (Å²) in [5.74, 6) is 0.148. The normalized spacial score (nSPS) is 14.8. The van der Waals surface area contributed by atoms with Crippen molar-refractivity contribution in [3.05, 3.63) is 54.1 Å². The highest BCUT2D eigenvalue weighted by molar-refractivity contribution is 5.93. The van der Waals surface area contributed by atoms with Gasteiger partial charge in [0.1, 0.15) is 0 Å². The summed E-state index contributed by atoms with van der Waals surface area (Å²) in [4.78, 5) is 19.3. The quantitative estimate of drug-likeness (QED) is 0.797. The molecular weight excluding hydrogens is 348 g/mol. The Morgan fingerprint density at radius 2 is 1.79 bits per heavy atom. The maximum absolute atomic E-state index is 12.6. The maximum Gasteiger partial charge on any atom is 0.228 e. The molecule has 5 nitrogen and oxygen atoms in total. The number of benzene rings is 2. The molecule has 1 N–H and O–H groups in total. The first-order chi connectivity index (χ1) is 13.6. The maximum atomic E-state index is 12.6. The Hall–Kier alpha value is -2.53. The number of amides is 1. The van der Waals surface area contributed by atoms with Crippen molar-refractivity contribution in [2.45, 2.75) is 20.3 Å². The van der Waals surface area contributed by atoms with E-state index in [4.69, 9.17) is 0 Å². The van der Waals surface area contributed by atoms with E-state index in [1.807, 2.05) is 24.0 Å². The first-order valence-electron chi connectivity index (χ1n) is 10.2. The molecule has 1 aliphatic rings. The van der Waals surface area contributed by atoms with Crippen molar-refractivity contribution in [3.63, 3.8) is 0 Å². The minimum absolute atomic E-state index is 0.148. The molecule has 1 heterocycles. The fourth-order valence-corrected chi connectivity index (χ4v) is 3.60. The van der Waals surface area contributed by atoms with Gasteiger partial charge in [0, 0.05) is 62.8 Å². The Bertz CT molecular complexity index is 766. The Morgan fingerprint density at radius 3 is 2.43 bits per heavy atom. The van der Waals surface area contributed by atoms with Crippen LogP contribution in [0.1, 0.15) is 18.9 Å². The molecule has 0 aromatic heterocycles. The number of carbonyl (C=O) groups excluding carboxylic acids is 1. The number of nitrogens with zero attached hydrogens (tertiary/aromatic N) is 3. The number of hydrogen-bond donors (Lipinski definition) is 1. The second kappa shape index (κ2) is 9.60. The van der Waals surface area contributed by atoms with Crippen molar-refractivity contribution in [2.24, 2.45) is 0 Å². The van der Waals surface area contributed by atoms with E-state index in [1.54, 1.807) is 0 Å². The number of hydrogen-bond acceptors (Lipinski definition) is 4. The van der Waals surface area contributed by atoms with Crippen LogP contribution in [0.15, 0.2) is 48.5 Å². The number of carbonyl (C=O) groups is 1. The average Bonchev–Trinajstić information content (AvgIpc) is 2.70. The van der Waals surface area contributed by atoms with Gasteiger partial charge in [-0.3, -0.25) is 4.79 Å². The Balaban J connectivity index is 1.49. The van der Waals surface area contributed by atoms with E-state index in [2.05, 4.69) is 65.5 Å². The number of nitrogens with one attached hydrogen (secondary N) is 1. The second-order valence-electron chi connectivity index (χ2n) is 7.49. The van der Waals surface area contributed by atoms with Crippen molar-refractivity contribution in [1.29, 1.82) is 0 Å². The third kappa shape index (κ3) is 5.26. The van der Waals surface area contributed by atoms with Gasteiger partial charge in [0.2, 0.25) is 5.91 Å². The van der Waals surface area contributed by atoms with E-state index in [9.17, 15) is 4.79 Å². The monoisotopic (exact) mass is 380 g/mol. The predicted molar refractivity (Wildman–Crippen MR) is 118 cm³/mol. The van der Waals surface area contributed by atoms with Crippen molar-refractivity contribution in [3.8, 4) is 0 Å². The van der Waals surface area contributed by atoms with E-state index in [0.29, 0.717) is 19.5 Å². The summed E-state index contributed by atoms with van der Waals surface area (Å²) in [7, 11) is 2.17. The Kier molecular flexibility index (Phi) is 6.93. The molecule has 1 aliphatic heterocycles. The van der Waals surface area contributed by atoms with Crippen LogP contribution in [0.4, 0.5) is 17.1 Å². The SMILES string of the molecule is CCN(C(=O)CCNc1ccc(N2CCN(C)CC2)cc1)c1cccc(C)c1. The zero-order valence-corrected chi connectivity index (χ0v) is 17.3. The first-order valence-corrected chi connectivity index (χ1v) is 10.2. The van der Waals surface area contributed by atoms with Crippen LogP contribution in [0.5, 0.6) is 0 Å². The van der Waals surface area contributed by atoms with Gasteiger partial charge in [0.05, 0.1) is 0 Å². The van der Waals surface area contributed by atoms with E-state index >= 15 is 0 Å². The highest BCUT2D eigenvalue weighted by Gasteiger charge is 2.15. The molecule has 0 atom stereocenters. The van der Waals surface area contributed by atoms with Crippen LogP contribution in [-0.2, 0) is 4.79 Å². The van der Waals surface area contributed by atoms with Gasteiger partial charge in [-0.25, -0.2) is 0 Å². The number of anilines is 3. The molecule has 5 heteroatoms. The molecule has 2 aromatic carbocycles. The largest absolute Gasteiger partial charge is 0.385 e. The van der Waals surface area contributed by atoms with Crippen LogP contribution in [-0.4, -0.2) is 57.1 Å². The standard InChI is InChI=1S/C23H32N4O/c1-4-27(22-7-5-6-19(2)18-22)23(28)12-13-24-20-8-10-21(11-9-20)26-16-14-25(3)15-17-26/h5-11,18,24H,4,12-17H2,1-3H3. The van der Waals surface area contributed by atoms with Crippen molar-refractivity contribution >= 4 is 23.0 Å². The third-order valence-electron chi connectivity index (χ3n) is 5.33. The lowest BCUT2D eigenvalue weighted by atomic mass is 10.2. The summed E-state index contributed by atoms with van der Waals surface area (Å²) >= 11 is 0. The first kappa shape index (κ1) is 20.2. The Morgan fingerprint density at radius 1 is 1.07 bits per heavy atom. The van der Waals surface area contributed by atoms with Crippen molar-refractivity contribution in [2.75, 3.05) is 61.4 Å². The molecule has 0 saturated carbocycles. The molecule has 0 spiro atoms. The third-order valence-corrected chi connectivity index (χ3v) is 5.33. The lowest BCUT2D eigenvalue weighted by Gasteiger charge is -2.34. The van der Waals surface area contributed by atoms with E-state index in [0.717, 1.165) is 37.6 Å². The molecule has 3 rings (SSSR count). The van der Waals surface area contributed by atoms with Crippen molar-refractivity contribution in [1.82, 2.24) is 4.90 Å². The minimum atomic E-state index is 0.148. The molecule has 1 saturated heterocycles. The zero-order valence-electron chi connectivity index (χ0n) is 17.3. The molecule has 28 heavy (non-hydrogen) atoms. The summed E-state index contributed by atoms with van der Waals surface area (Å²) in [6.45, 7) is 9.75. The molecule has 150 valence electrons. The van der Waals surface area contributed by atoms with Gasteiger partial charge in [-0.05, 0) is 62.9 Å². The zero-order chi connectivity index (χ0) is 19.9. The molecule has 0 bridgehead atoms. The summed E-state index contributed by atoms with van der Waals surface area (Å²) in [6.07, 6.45) is 0.474. The second-order valence-corrected chi connectivity index (χ2v) is 7.49. The molecule has 1 amide bonds. The summed E-state index contributed by atoms with van der Waals surface area (Å²) in [5.41, 5.74) is 4.47. The molecule has 0 aliphatic carbocycles. The molecule has 0 unspecified atom stereocenters. The number of likely N-dealkylation sites (N-methyl/N-ethyl adjacent to an activating group) is 1. The van der Waals surface area contributed by atoms with Gasteiger partial charge in [-0.15, -0.1) is 0 Å². The van der Waals surface area contributed by atoms with Crippen molar-refractivity contribution < 1.29 is 4.79 Å². The predicted octanol–water partition coefficient (Wildman–Crippen LogP) is 3.60. The summed E-state index contributed by atoms with van der Waals surface area (Å²) < 4.78 is 0. The smallest absolute Gasteiger partial charge is 0.228 e. The van der Waals surface area contributed by atoms with E-state index < -0.39 is 0 Å². The van der Waals surface area contributed by atoms with Crippen LogP contribution in [0.2, 0.25) is 0 Å². The highest BCUT2D eigenvalue weighted by Crippen LogP contribution is 2.20. The number of piperazine rings is 1. The summed E-state index contributed by atoms with van der Waals surface area (Å²) in [6, 6.07) is 16.7. The topological polar surface area (TPSA) is 38.8 Å². The van der Waals surface area contributed by atoms with Gasteiger partial charge < -0.3 is 20.0 Å². The van der Waals surface area contributed by atoms with E-state index in [1.165, 1.54) is 11.3 Å². The van der Waals surface area contributed by atoms with Crippen LogP contribution in [0.3, 0.4) is 0 Å². The summed E-state index contributed by atoms with van der Waals surface area (Å²) in [5, 5.41) is 3.38. The number of aryl methyl sites for hydroxylation is 1. The van der Waals surface area contributed by atoms with Gasteiger partial charge in [0.15, 0.2) is 0 Å². The van der Waals surface area contributed by atoms with Gasteiger partial charge in [0.25, 0.3) is 0 Å². The van der Waals surface area contributed by atoms with Crippen LogP contribution >= 0.6 is 0 Å². The Labute approximate surface area is 168 Å². The molecular formula is C23H32N4O. The van der Waals surface area contributed by atoms with Gasteiger partial charge in [-0.2, -0.15) is 0 Å². The highest BCUT2D eigenvalue weighted by atomic mass is 16.2. The molecule has 0 radical (unpaired) electrons. The minimum Gasteiger partial charge on any atom is -0.385 e. The lowest BCUT2D eigenvalue weighted by Crippen LogP contribution is -2.44. The van der Waals surface area contributed by atoms with E-state index in [-0.39, 0.29) is 5.91 Å². The lowest BCUT2D eigenvalue weighted by molar-refractivity contribution is -0.118. The average molecular weight is 381 g/mol. The molecule has 1 fully saturated rings. The van der Waals surface area contributed by atoms with Crippen LogP contribution in [0, 0.1) is 6.92 Å². The fourth-order valence-electron chi connectivity index (χ4n) is 3.60. The number of rotatable bonds is 7.